The van der Waals surface area contributed by atoms with Crippen molar-refractivity contribution in [1.82, 2.24) is 25.5 Å². The number of benzene rings is 1. The third-order valence-corrected chi connectivity index (χ3v) is 5.92. The number of carbonyl (C=O) groups is 2. The van der Waals surface area contributed by atoms with Crippen molar-refractivity contribution in [3.63, 3.8) is 0 Å². The summed E-state index contributed by atoms with van der Waals surface area (Å²) in [7, 11) is 0. The van der Waals surface area contributed by atoms with Gasteiger partial charge in [0.25, 0.3) is 0 Å². The summed E-state index contributed by atoms with van der Waals surface area (Å²) in [6.45, 7) is 5.92. The minimum atomic E-state index is -0.0924. The number of aryl methyl sites for hydroxylation is 2. The molecule has 0 atom stereocenters. The Balaban J connectivity index is 1.69. The number of nitrogens with one attached hydrogen (secondary N) is 1. The third-order valence-electron chi connectivity index (χ3n) is 3.87. The Kier molecular flexibility index (Phi) is 6.02. The van der Waals surface area contributed by atoms with Gasteiger partial charge in [0.15, 0.2) is 5.78 Å². The van der Waals surface area contributed by atoms with Gasteiger partial charge in [0.2, 0.25) is 11.1 Å². The van der Waals surface area contributed by atoms with E-state index in [-0.39, 0.29) is 17.4 Å². The van der Waals surface area contributed by atoms with Crippen LogP contribution < -0.4 is 5.32 Å². The van der Waals surface area contributed by atoms with Crippen molar-refractivity contribution in [3.8, 4) is 5.69 Å². The molecule has 0 fully saturated rings. The predicted octanol–water partition coefficient (Wildman–Crippen LogP) is 2.95. The van der Waals surface area contributed by atoms with E-state index in [2.05, 4.69) is 20.8 Å². The summed E-state index contributed by atoms with van der Waals surface area (Å²) in [6, 6.07) is 9.65. The molecule has 1 aromatic carbocycles. The van der Waals surface area contributed by atoms with Crippen molar-refractivity contribution < 1.29 is 9.59 Å². The first-order valence-corrected chi connectivity index (χ1v) is 10.1. The summed E-state index contributed by atoms with van der Waals surface area (Å²) in [4.78, 5) is 25.1. The molecule has 3 rings (SSSR count). The van der Waals surface area contributed by atoms with Crippen molar-refractivity contribution in [1.29, 1.82) is 0 Å². The van der Waals surface area contributed by atoms with E-state index in [1.54, 1.807) is 10.7 Å². The lowest BCUT2D eigenvalue weighted by Gasteiger charge is -2.10. The molecule has 2 heterocycles. The van der Waals surface area contributed by atoms with Crippen LogP contribution in [0.15, 0.2) is 35.5 Å². The van der Waals surface area contributed by atoms with Crippen LogP contribution in [-0.4, -0.2) is 37.7 Å². The van der Waals surface area contributed by atoms with Gasteiger partial charge in [0.05, 0.1) is 22.9 Å². The molecule has 0 aliphatic carbocycles. The summed E-state index contributed by atoms with van der Waals surface area (Å²) in [5, 5.41) is 15.2. The molecule has 0 radical (unpaired) electrons. The number of hydrogen-bond donors (Lipinski definition) is 1. The van der Waals surface area contributed by atoms with E-state index in [1.165, 1.54) is 30.0 Å². The molecule has 0 unspecified atom stereocenters. The van der Waals surface area contributed by atoms with Crippen LogP contribution in [-0.2, 0) is 11.3 Å². The van der Waals surface area contributed by atoms with Gasteiger partial charge in [-0.2, -0.15) is 4.68 Å². The average Bonchev–Trinajstić information content (AvgIpc) is 3.27. The number of para-hydroxylation sites is 1. The molecule has 1 N–H and O–H groups in total. The number of nitrogens with zero attached hydrogens (tertiary/aromatic N) is 4. The first-order valence-electron chi connectivity index (χ1n) is 8.30. The van der Waals surface area contributed by atoms with Gasteiger partial charge in [-0.15, -0.1) is 16.4 Å². The molecule has 3 aromatic rings. The monoisotopic (exact) mass is 401 g/mol. The van der Waals surface area contributed by atoms with Crippen molar-refractivity contribution in [2.45, 2.75) is 32.5 Å². The Bertz CT molecular complexity index is 960. The van der Waals surface area contributed by atoms with Crippen LogP contribution >= 0.6 is 23.1 Å². The van der Waals surface area contributed by atoms with Gasteiger partial charge in [-0.1, -0.05) is 30.0 Å². The highest BCUT2D eigenvalue weighted by Crippen LogP contribution is 2.25. The number of ketones is 1. The second-order valence-corrected chi connectivity index (χ2v) is 8.11. The number of carbonyl (C=O) groups excluding carboxylic acids is 2. The molecule has 0 spiro atoms. The molecule has 1 amide bonds. The van der Waals surface area contributed by atoms with Crippen LogP contribution in [0.4, 0.5) is 0 Å². The number of thiophene rings is 1. The Morgan fingerprint density at radius 2 is 1.93 bits per heavy atom. The van der Waals surface area contributed by atoms with E-state index in [4.69, 9.17) is 0 Å². The van der Waals surface area contributed by atoms with Crippen LogP contribution in [0.25, 0.3) is 5.69 Å². The van der Waals surface area contributed by atoms with Crippen molar-refractivity contribution >= 4 is 34.8 Å². The maximum atomic E-state index is 12.5. The summed E-state index contributed by atoms with van der Waals surface area (Å²) in [5.41, 5.74) is 3.07. The molecule has 27 heavy (non-hydrogen) atoms. The second kappa shape index (κ2) is 8.45. The summed E-state index contributed by atoms with van der Waals surface area (Å²) in [6.07, 6.45) is 0. The second-order valence-electron chi connectivity index (χ2n) is 6.00. The smallest absolute Gasteiger partial charge is 0.217 e. The van der Waals surface area contributed by atoms with Crippen LogP contribution in [0, 0.1) is 13.8 Å². The van der Waals surface area contributed by atoms with Gasteiger partial charge >= 0.3 is 0 Å². The van der Waals surface area contributed by atoms with E-state index in [9.17, 15) is 9.59 Å². The summed E-state index contributed by atoms with van der Waals surface area (Å²) >= 11 is 2.70. The van der Waals surface area contributed by atoms with E-state index >= 15 is 0 Å². The fourth-order valence-corrected chi connectivity index (χ4v) is 4.32. The molecule has 2 aromatic heterocycles. The van der Waals surface area contributed by atoms with Gasteiger partial charge in [-0.3, -0.25) is 9.59 Å². The van der Waals surface area contributed by atoms with Crippen LogP contribution in [0.3, 0.4) is 0 Å². The molecule has 0 saturated heterocycles. The number of tetrazole rings is 1. The molecule has 0 aliphatic heterocycles. The van der Waals surface area contributed by atoms with Gasteiger partial charge in [0.1, 0.15) is 0 Å². The van der Waals surface area contributed by atoms with Crippen molar-refractivity contribution in [2.75, 3.05) is 5.75 Å². The molecule has 0 aliphatic rings. The third kappa shape index (κ3) is 4.61. The summed E-state index contributed by atoms with van der Waals surface area (Å²) in [5.74, 6) is 0.158. The Labute approximate surface area is 165 Å². The zero-order valence-electron chi connectivity index (χ0n) is 15.2. The van der Waals surface area contributed by atoms with Crippen LogP contribution in [0.1, 0.15) is 32.6 Å². The van der Waals surface area contributed by atoms with Gasteiger partial charge < -0.3 is 5.32 Å². The van der Waals surface area contributed by atoms with Crippen molar-refractivity contribution in [2.24, 2.45) is 0 Å². The van der Waals surface area contributed by atoms with Gasteiger partial charge in [0, 0.05) is 11.8 Å². The Morgan fingerprint density at radius 3 is 2.63 bits per heavy atom. The zero-order valence-corrected chi connectivity index (χ0v) is 16.9. The van der Waals surface area contributed by atoms with Crippen molar-refractivity contribution in [3.05, 3.63) is 51.2 Å². The largest absolute Gasteiger partial charge is 0.351 e. The van der Waals surface area contributed by atoms with E-state index in [0.717, 1.165) is 21.7 Å². The SMILES string of the molecule is CC(=O)NCc1ccc(C(=O)CSc2nnnn2-c2c(C)cccc2C)s1. The predicted molar refractivity (Wildman–Crippen MR) is 106 cm³/mol. The minimum Gasteiger partial charge on any atom is -0.351 e. The van der Waals surface area contributed by atoms with E-state index < -0.39 is 0 Å². The highest BCUT2D eigenvalue weighted by molar-refractivity contribution is 7.99. The maximum absolute atomic E-state index is 12.5. The van der Waals surface area contributed by atoms with Crippen LogP contribution in [0.5, 0.6) is 0 Å². The molecule has 0 saturated carbocycles. The normalized spacial score (nSPS) is 10.8. The van der Waals surface area contributed by atoms with E-state index in [1.807, 2.05) is 38.1 Å². The first-order chi connectivity index (χ1) is 13.0. The van der Waals surface area contributed by atoms with E-state index in [0.29, 0.717) is 16.6 Å². The lowest BCUT2D eigenvalue weighted by atomic mass is 10.1. The number of Topliss-reactive ketones (excluding diaryl/α,β-unsaturated/α-hetero) is 1. The van der Waals surface area contributed by atoms with Gasteiger partial charge in [-0.25, -0.2) is 0 Å². The summed E-state index contributed by atoms with van der Waals surface area (Å²) < 4.78 is 1.68. The quantitative estimate of drug-likeness (QED) is 0.484. The molecular weight excluding hydrogens is 382 g/mol. The lowest BCUT2D eigenvalue weighted by Crippen LogP contribution is -2.18. The molecule has 0 bridgehead atoms. The standard InChI is InChI=1S/C18H19N5O2S2/c1-11-5-4-6-12(2)17(11)23-18(20-21-22-23)26-10-15(25)16-8-7-14(27-16)9-19-13(3)24/h4-8H,9-10H2,1-3H3,(H,19,24). The molecule has 9 heteroatoms. The minimum absolute atomic E-state index is 0.00938. The zero-order chi connectivity index (χ0) is 19.4. The Morgan fingerprint density at radius 1 is 1.19 bits per heavy atom. The number of amides is 1. The number of thioether (sulfide) groups is 1. The molecule has 7 nitrogen and oxygen atoms in total. The highest BCUT2D eigenvalue weighted by Gasteiger charge is 2.16. The topological polar surface area (TPSA) is 89.8 Å². The first kappa shape index (κ1) is 19.2. The molecular formula is C18H19N5O2S2. The Hall–Kier alpha value is -2.52. The van der Waals surface area contributed by atoms with Gasteiger partial charge in [-0.05, 0) is 47.5 Å². The average molecular weight is 402 g/mol. The number of rotatable bonds is 7. The lowest BCUT2D eigenvalue weighted by molar-refractivity contribution is -0.119. The fourth-order valence-electron chi connectivity index (χ4n) is 2.58. The number of aromatic nitrogens is 4. The highest BCUT2D eigenvalue weighted by atomic mass is 32.2. The van der Waals surface area contributed by atoms with Crippen LogP contribution in [0.2, 0.25) is 0 Å². The maximum Gasteiger partial charge on any atom is 0.217 e. The molecule has 140 valence electrons. The fraction of sp³-hybridized carbons (Fsp3) is 0.278. The number of hydrogen-bond acceptors (Lipinski definition) is 7.